The van der Waals surface area contributed by atoms with Gasteiger partial charge in [-0.05, 0) is 49.2 Å². The van der Waals surface area contributed by atoms with Crippen LogP contribution in [-0.2, 0) is 4.79 Å². The maximum atomic E-state index is 12.5. The molecule has 3 rings (SSSR count). The van der Waals surface area contributed by atoms with Crippen LogP contribution in [0.5, 0.6) is 0 Å². The molecule has 0 spiro atoms. The Morgan fingerprint density at radius 3 is 2.75 bits per heavy atom. The van der Waals surface area contributed by atoms with E-state index in [1.54, 1.807) is 23.1 Å². The topological polar surface area (TPSA) is 49.4 Å². The monoisotopic (exact) mass is 406 g/mol. The summed E-state index contributed by atoms with van der Waals surface area (Å²) in [6.45, 7) is 2.67. The predicted molar refractivity (Wildman–Crippen MR) is 99.9 cm³/mol. The van der Waals surface area contributed by atoms with E-state index in [9.17, 15) is 9.59 Å². The Morgan fingerprint density at radius 1 is 1.25 bits per heavy atom. The molecule has 0 aromatic heterocycles. The van der Waals surface area contributed by atoms with Crippen molar-refractivity contribution in [2.45, 2.75) is 19.8 Å². The molecule has 0 radical (unpaired) electrons. The molecular weight excluding hydrogens is 392 g/mol. The zero-order chi connectivity index (χ0) is 17.3. The standard InChI is InChI=1S/C18H16BrClN2O2/c1-11-4-6-13(10-16(11)22-8-2-3-17(22)23)21-18(24)14-9-12(19)5-7-15(14)20/h4-7,9-10H,2-3,8H2,1H3,(H,21,24). The number of amides is 2. The van der Waals surface area contributed by atoms with Crippen molar-refractivity contribution in [2.24, 2.45) is 0 Å². The number of benzene rings is 2. The third kappa shape index (κ3) is 3.47. The van der Waals surface area contributed by atoms with Gasteiger partial charge in [0.1, 0.15) is 0 Å². The highest BCUT2D eigenvalue weighted by Crippen LogP contribution is 2.29. The second-order valence-corrected chi connectivity index (χ2v) is 7.05. The molecule has 1 aliphatic rings. The van der Waals surface area contributed by atoms with Crippen LogP contribution in [0.25, 0.3) is 0 Å². The largest absolute Gasteiger partial charge is 0.322 e. The highest BCUT2D eigenvalue weighted by Gasteiger charge is 2.23. The van der Waals surface area contributed by atoms with Gasteiger partial charge in [0.2, 0.25) is 5.91 Å². The molecule has 1 N–H and O–H groups in total. The lowest BCUT2D eigenvalue weighted by atomic mass is 10.1. The van der Waals surface area contributed by atoms with Crippen LogP contribution in [0, 0.1) is 6.92 Å². The van der Waals surface area contributed by atoms with Gasteiger partial charge in [-0.3, -0.25) is 9.59 Å². The van der Waals surface area contributed by atoms with E-state index in [0.717, 1.165) is 22.1 Å². The van der Waals surface area contributed by atoms with E-state index in [-0.39, 0.29) is 11.8 Å². The molecule has 0 bridgehead atoms. The first-order valence-electron chi connectivity index (χ1n) is 7.63. The Morgan fingerprint density at radius 2 is 2.04 bits per heavy atom. The first-order valence-corrected chi connectivity index (χ1v) is 8.80. The summed E-state index contributed by atoms with van der Waals surface area (Å²) in [6, 6.07) is 10.7. The van der Waals surface area contributed by atoms with Crippen molar-refractivity contribution in [3.8, 4) is 0 Å². The normalized spacial score (nSPS) is 14.1. The minimum Gasteiger partial charge on any atom is -0.322 e. The Labute approximate surface area is 153 Å². The van der Waals surface area contributed by atoms with Gasteiger partial charge < -0.3 is 10.2 Å². The quantitative estimate of drug-likeness (QED) is 0.795. The summed E-state index contributed by atoms with van der Waals surface area (Å²) in [4.78, 5) is 26.2. The Bertz CT molecular complexity index is 823. The van der Waals surface area contributed by atoms with Crippen LogP contribution in [-0.4, -0.2) is 18.4 Å². The Balaban J connectivity index is 1.86. The van der Waals surface area contributed by atoms with E-state index in [0.29, 0.717) is 29.2 Å². The number of anilines is 2. The fourth-order valence-electron chi connectivity index (χ4n) is 2.75. The lowest BCUT2D eigenvalue weighted by Gasteiger charge is -2.19. The summed E-state index contributed by atoms with van der Waals surface area (Å²) >= 11 is 9.44. The number of hydrogen-bond acceptors (Lipinski definition) is 2. The molecule has 0 atom stereocenters. The number of carbonyl (C=O) groups excluding carboxylic acids is 2. The number of nitrogens with zero attached hydrogens (tertiary/aromatic N) is 1. The van der Waals surface area contributed by atoms with Gasteiger partial charge in [0.05, 0.1) is 10.6 Å². The molecule has 0 saturated carbocycles. The molecule has 1 aliphatic heterocycles. The van der Waals surface area contributed by atoms with Crippen molar-refractivity contribution in [3.05, 3.63) is 57.0 Å². The summed E-state index contributed by atoms with van der Waals surface area (Å²) < 4.78 is 0.782. The summed E-state index contributed by atoms with van der Waals surface area (Å²) in [5.74, 6) is -0.166. The van der Waals surface area contributed by atoms with Gasteiger partial charge in [-0.2, -0.15) is 0 Å². The van der Waals surface area contributed by atoms with Gasteiger partial charge in [0, 0.05) is 28.8 Å². The molecule has 2 aromatic rings. The second kappa shape index (κ2) is 6.95. The van der Waals surface area contributed by atoms with E-state index in [4.69, 9.17) is 11.6 Å². The molecular formula is C18H16BrClN2O2. The SMILES string of the molecule is Cc1ccc(NC(=O)c2cc(Br)ccc2Cl)cc1N1CCCC1=O. The van der Waals surface area contributed by atoms with E-state index < -0.39 is 0 Å². The van der Waals surface area contributed by atoms with E-state index >= 15 is 0 Å². The molecule has 6 heteroatoms. The number of aryl methyl sites for hydroxylation is 1. The second-order valence-electron chi connectivity index (χ2n) is 5.73. The Kier molecular flexibility index (Phi) is 4.92. The van der Waals surface area contributed by atoms with E-state index in [2.05, 4.69) is 21.2 Å². The highest BCUT2D eigenvalue weighted by atomic mass is 79.9. The molecule has 2 aromatic carbocycles. The fourth-order valence-corrected chi connectivity index (χ4v) is 3.32. The van der Waals surface area contributed by atoms with Crippen LogP contribution < -0.4 is 10.2 Å². The first kappa shape index (κ1) is 17.0. The number of rotatable bonds is 3. The molecule has 0 aliphatic carbocycles. The predicted octanol–water partition coefficient (Wildman–Crippen LogP) is 4.79. The van der Waals surface area contributed by atoms with Gasteiger partial charge >= 0.3 is 0 Å². The molecule has 1 heterocycles. The average Bonchev–Trinajstić information content (AvgIpc) is 2.97. The van der Waals surface area contributed by atoms with Crippen molar-refractivity contribution in [3.63, 3.8) is 0 Å². The smallest absolute Gasteiger partial charge is 0.257 e. The zero-order valence-electron chi connectivity index (χ0n) is 13.1. The third-order valence-electron chi connectivity index (χ3n) is 4.00. The summed E-state index contributed by atoms with van der Waals surface area (Å²) in [7, 11) is 0. The molecule has 2 amide bonds. The van der Waals surface area contributed by atoms with E-state index in [1.807, 2.05) is 25.1 Å². The lowest BCUT2D eigenvalue weighted by Crippen LogP contribution is -2.24. The highest BCUT2D eigenvalue weighted by molar-refractivity contribution is 9.10. The Hall–Kier alpha value is -1.85. The molecule has 1 fully saturated rings. The van der Waals surface area contributed by atoms with E-state index in [1.165, 1.54) is 0 Å². The summed E-state index contributed by atoms with van der Waals surface area (Å²) in [6.07, 6.45) is 1.44. The molecule has 24 heavy (non-hydrogen) atoms. The average molecular weight is 408 g/mol. The number of hydrogen-bond donors (Lipinski definition) is 1. The van der Waals surface area contributed by atoms with Crippen molar-refractivity contribution < 1.29 is 9.59 Å². The minimum atomic E-state index is -0.288. The van der Waals surface area contributed by atoms with Gasteiger partial charge in [-0.1, -0.05) is 33.6 Å². The minimum absolute atomic E-state index is 0.122. The van der Waals surface area contributed by atoms with Crippen molar-refractivity contribution >= 4 is 50.7 Å². The van der Waals surface area contributed by atoms with Gasteiger partial charge in [0.25, 0.3) is 5.91 Å². The summed E-state index contributed by atoms with van der Waals surface area (Å²) in [5, 5.41) is 3.24. The van der Waals surface area contributed by atoms with Gasteiger partial charge in [-0.25, -0.2) is 0 Å². The zero-order valence-corrected chi connectivity index (χ0v) is 15.4. The van der Waals surface area contributed by atoms with Crippen LogP contribution in [0.3, 0.4) is 0 Å². The van der Waals surface area contributed by atoms with Crippen LogP contribution in [0.2, 0.25) is 5.02 Å². The molecule has 1 saturated heterocycles. The van der Waals surface area contributed by atoms with Crippen LogP contribution >= 0.6 is 27.5 Å². The van der Waals surface area contributed by atoms with Gasteiger partial charge in [-0.15, -0.1) is 0 Å². The number of nitrogens with one attached hydrogen (secondary N) is 1. The maximum absolute atomic E-state index is 12.5. The molecule has 4 nitrogen and oxygen atoms in total. The van der Waals surface area contributed by atoms with Gasteiger partial charge in [0.15, 0.2) is 0 Å². The van der Waals surface area contributed by atoms with Crippen molar-refractivity contribution in [1.29, 1.82) is 0 Å². The lowest BCUT2D eigenvalue weighted by molar-refractivity contribution is -0.117. The van der Waals surface area contributed by atoms with Crippen molar-refractivity contribution in [1.82, 2.24) is 0 Å². The number of carbonyl (C=O) groups is 2. The number of halogens is 2. The van der Waals surface area contributed by atoms with Crippen LogP contribution in [0.1, 0.15) is 28.8 Å². The first-order chi connectivity index (χ1) is 11.5. The summed E-state index contributed by atoms with van der Waals surface area (Å²) in [5.41, 5.74) is 2.88. The van der Waals surface area contributed by atoms with Crippen molar-refractivity contribution in [2.75, 3.05) is 16.8 Å². The molecule has 0 unspecified atom stereocenters. The fraction of sp³-hybridized carbons (Fsp3) is 0.222. The third-order valence-corrected chi connectivity index (χ3v) is 4.83. The van der Waals surface area contributed by atoms with Crippen LogP contribution in [0.4, 0.5) is 11.4 Å². The molecule has 124 valence electrons. The van der Waals surface area contributed by atoms with Crippen LogP contribution in [0.15, 0.2) is 40.9 Å². The maximum Gasteiger partial charge on any atom is 0.257 e.